The van der Waals surface area contributed by atoms with E-state index >= 15 is 0 Å². The Labute approximate surface area is 110 Å². The Morgan fingerprint density at radius 1 is 1.10 bits per heavy atom. The largest absolute Gasteiger partial charge is 0.463 e. The molecule has 0 aliphatic heterocycles. The highest BCUT2D eigenvalue weighted by Crippen LogP contribution is 2.44. The summed E-state index contributed by atoms with van der Waals surface area (Å²) in [4.78, 5) is 22.6. The average molecular weight is 308 g/mol. The van der Waals surface area contributed by atoms with Gasteiger partial charge in [-0.05, 0) is 20.8 Å². The molecule has 1 N–H and O–H groups in total. The van der Waals surface area contributed by atoms with Gasteiger partial charge in [-0.2, -0.15) is 22.0 Å². The number of rotatable bonds is 5. The average Bonchev–Trinajstić information content (AvgIpc) is 2.25. The molecule has 0 amide bonds. The first-order valence-corrected chi connectivity index (χ1v) is 5.37. The van der Waals surface area contributed by atoms with Crippen molar-refractivity contribution in [1.82, 2.24) is 0 Å². The van der Waals surface area contributed by atoms with E-state index in [1.807, 2.05) is 0 Å². The number of hydrogen-bond donors (Lipinski definition) is 1. The van der Waals surface area contributed by atoms with Gasteiger partial charge in [-0.15, -0.1) is 0 Å². The third kappa shape index (κ3) is 3.17. The second kappa shape index (κ2) is 5.90. The second-order valence-electron chi connectivity index (χ2n) is 3.96. The lowest BCUT2D eigenvalue weighted by molar-refractivity contribution is -0.333. The lowest BCUT2D eigenvalue weighted by Gasteiger charge is -2.32. The fraction of sp³-hybridized carbons (Fsp3) is 0.800. The number of carbonyl (C=O) groups excluding carboxylic acids is 2. The van der Waals surface area contributed by atoms with E-state index in [9.17, 15) is 36.6 Å². The van der Waals surface area contributed by atoms with E-state index in [-0.39, 0.29) is 0 Å². The van der Waals surface area contributed by atoms with E-state index in [1.54, 1.807) is 0 Å². The third-order valence-electron chi connectivity index (χ3n) is 2.02. The van der Waals surface area contributed by atoms with E-state index in [2.05, 4.69) is 9.47 Å². The normalized spacial score (nSPS) is 15.7. The summed E-state index contributed by atoms with van der Waals surface area (Å²) in [6.07, 6.45) is -7.49. The topological polar surface area (TPSA) is 72.8 Å². The number of carbonyl (C=O) groups is 2. The number of alkyl halides is 5. The predicted molar refractivity (Wildman–Crippen MR) is 53.8 cm³/mol. The molecule has 5 nitrogen and oxygen atoms in total. The molecule has 0 radical (unpaired) electrons. The van der Waals surface area contributed by atoms with Gasteiger partial charge in [0.2, 0.25) is 0 Å². The van der Waals surface area contributed by atoms with Crippen molar-refractivity contribution in [3.63, 3.8) is 0 Å². The van der Waals surface area contributed by atoms with E-state index in [1.165, 1.54) is 0 Å². The number of halogens is 5. The number of hydrogen-bond acceptors (Lipinski definition) is 5. The molecule has 0 rings (SSSR count). The van der Waals surface area contributed by atoms with Crippen molar-refractivity contribution in [2.75, 3.05) is 6.61 Å². The Balaban J connectivity index is 5.83. The monoisotopic (exact) mass is 308 g/mol. The van der Waals surface area contributed by atoms with Gasteiger partial charge in [0.15, 0.2) is 0 Å². The smallest absolute Gasteiger partial charge is 0.457 e. The highest BCUT2D eigenvalue weighted by Gasteiger charge is 2.78. The van der Waals surface area contributed by atoms with Crippen LogP contribution in [0.4, 0.5) is 22.0 Å². The molecule has 118 valence electrons. The van der Waals surface area contributed by atoms with Gasteiger partial charge < -0.3 is 14.6 Å². The fourth-order valence-electron chi connectivity index (χ4n) is 1.08. The van der Waals surface area contributed by atoms with Crippen molar-refractivity contribution in [3.05, 3.63) is 0 Å². The van der Waals surface area contributed by atoms with E-state index in [0.29, 0.717) is 0 Å². The molecule has 0 heterocycles. The van der Waals surface area contributed by atoms with Gasteiger partial charge in [-0.25, -0.2) is 9.59 Å². The minimum atomic E-state index is -6.36. The van der Waals surface area contributed by atoms with Gasteiger partial charge >= 0.3 is 29.6 Å². The van der Waals surface area contributed by atoms with Gasteiger partial charge in [0.05, 0.1) is 12.7 Å². The van der Waals surface area contributed by atoms with Crippen LogP contribution < -0.4 is 0 Å². The van der Waals surface area contributed by atoms with Crippen LogP contribution in [-0.4, -0.2) is 47.5 Å². The van der Waals surface area contributed by atoms with Crippen LogP contribution in [0.25, 0.3) is 0 Å². The van der Waals surface area contributed by atoms with Crippen molar-refractivity contribution < 1.29 is 46.1 Å². The summed E-state index contributed by atoms with van der Waals surface area (Å²) < 4.78 is 71.5. The molecule has 0 spiro atoms. The Morgan fingerprint density at radius 2 is 1.55 bits per heavy atom. The van der Waals surface area contributed by atoms with E-state index in [4.69, 9.17) is 0 Å². The fourth-order valence-corrected chi connectivity index (χ4v) is 1.08. The summed E-state index contributed by atoms with van der Waals surface area (Å²) in [6.45, 7) is 2.74. The first-order chi connectivity index (χ1) is 8.82. The minimum absolute atomic E-state index is 0.621. The standard InChI is InChI=1S/C10H13F5O5/c1-4-19-6(16)8(18,7(17)20-5(2)3)9(11,12)10(13,14)15/h5,18H,4H2,1-3H3. The highest BCUT2D eigenvalue weighted by molar-refractivity contribution is 6.04. The van der Waals surface area contributed by atoms with Crippen molar-refractivity contribution >= 4 is 11.9 Å². The maximum Gasteiger partial charge on any atom is 0.457 e. The zero-order valence-electron chi connectivity index (χ0n) is 10.8. The SMILES string of the molecule is CCOC(=O)C(O)(C(=O)OC(C)C)C(F)(F)C(F)(F)F. The predicted octanol–water partition coefficient (Wildman–Crippen LogP) is 1.43. The molecule has 0 saturated heterocycles. The van der Waals surface area contributed by atoms with Gasteiger partial charge in [0.25, 0.3) is 0 Å². The molecule has 0 aromatic rings. The number of ether oxygens (including phenoxy) is 2. The van der Waals surface area contributed by atoms with Crippen LogP contribution in [0, 0.1) is 0 Å². The van der Waals surface area contributed by atoms with Crippen molar-refractivity contribution in [2.24, 2.45) is 0 Å². The summed E-state index contributed by atoms with van der Waals surface area (Å²) in [5, 5.41) is 9.37. The molecule has 0 aromatic heterocycles. The highest BCUT2D eigenvalue weighted by atomic mass is 19.4. The number of esters is 2. The van der Waals surface area contributed by atoms with Gasteiger partial charge in [-0.3, -0.25) is 0 Å². The molecule has 0 aromatic carbocycles. The maximum absolute atomic E-state index is 13.3. The molecule has 0 aliphatic carbocycles. The summed E-state index contributed by atoms with van der Waals surface area (Å²) >= 11 is 0. The summed E-state index contributed by atoms with van der Waals surface area (Å²) in [5.41, 5.74) is -4.80. The lowest BCUT2D eigenvalue weighted by Crippen LogP contribution is -2.67. The molecular formula is C10H13F5O5. The zero-order valence-corrected chi connectivity index (χ0v) is 10.8. The Kier molecular flexibility index (Phi) is 5.47. The van der Waals surface area contributed by atoms with Gasteiger partial charge in [-0.1, -0.05) is 0 Å². The van der Waals surface area contributed by atoms with Crippen LogP contribution in [0.15, 0.2) is 0 Å². The van der Waals surface area contributed by atoms with Crippen LogP contribution in [0.1, 0.15) is 20.8 Å². The van der Waals surface area contributed by atoms with Gasteiger partial charge in [0, 0.05) is 0 Å². The zero-order chi connectivity index (χ0) is 16.4. The van der Waals surface area contributed by atoms with Crippen LogP contribution in [-0.2, 0) is 19.1 Å². The third-order valence-corrected chi connectivity index (χ3v) is 2.02. The van der Waals surface area contributed by atoms with Crippen molar-refractivity contribution in [2.45, 2.75) is 44.6 Å². The molecule has 10 heteroatoms. The first kappa shape index (κ1) is 18.6. The summed E-state index contributed by atoms with van der Waals surface area (Å²) in [7, 11) is 0. The molecule has 0 saturated carbocycles. The molecule has 1 atom stereocenters. The van der Waals surface area contributed by atoms with Crippen LogP contribution >= 0.6 is 0 Å². The first-order valence-electron chi connectivity index (χ1n) is 5.37. The molecule has 0 bridgehead atoms. The van der Waals surface area contributed by atoms with Crippen LogP contribution in [0.3, 0.4) is 0 Å². The van der Waals surface area contributed by atoms with Crippen molar-refractivity contribution in [1.29, 1.82) is 0 Å². The van der Waals surface area contributed by atoms with Crippen LogP contribution in [0.5, 0.6) is 0 Å². The molecule has 1 unspecified atom stereocenters. The molecule has 0 fully saturated rings. The molecule has 0 aliphatic rings. The molecule has 20 heavy (non-hydrogen) atoms. The Bertz CT molecular complexity index is 379. The molecular weight excluding hydrogens is 295 g/mol. The minimum Gasteiger partial charge on any atom is -0.463 e. The van der Waals surface area contributed by atoms with E-state index < -0.39 is 42.3 Å². The van der Waals surface area contributed by atoms with Gasteiger partial charge in [0.1, 0.15) is 0 Å². The van der Waals surface area contributed by atoms with E-state index in [0.717, 1.165) is 20.8 Å². The summed E-state index contributed by atoms with van der Waals surface area (Å²) in [6, 6.07) is 0. The number of aliphatic hydroxyl groups is 1. The Hall–Kier alpha value is -1.45. The second-order valence-corrected chi connectivity index (χ2v) is 3.96. The quantitative estimate of drug-likeness (QED) is 0.472. The summed E-state index contributed by atoms with van der Waals surface area (Å²) in [5.74, 6) is -10.9. The Morgan fingerprint density at radius 3 is 1.85 bits per heavy atom. The maximum atomic E-state index is 13.3. The van der Waals surface area contributed by atoms with Crippen LogP contribution in [0.2, 0.25) is 0 Å². The van der Waals surface area contributed by atoms with Crippen molar-refractivity contribution in [3.8, 4) is 0 Å². The lowest BCUT2D eigenvalue weighted by atomic mass is 9.95.